The summed E-state index contributed by atoms with van der Waals surface area (Å²) in [6, 6.07) is 0. The molecule has 1 atom stereocenters. The van der Waals surface area contributed by atoms with Crippen molar-refractivity contribution in [1.82, 2.24) is 0 Å². The van der Waals surface area contributed by atoms with Crippen LogP contribution in [-0.2, 0) is 28.6 Å². The molecule has 6 nitrogen and oxygen atoms in total. The Morgan fingerprint density at radius 2 is 0.528 bits per heavy atom. The van der Waals surface area contributed by atoms with Crippen molar-refractivity contribution in [3.8, 4) is 0 Å². The summed E-state index contributed by atoms with van der Waals surface area (Å²) in [7, 11) is 0. The molecule has 0 saturated carbocycles. The highest BCUT2D eigenvalue weighted by atomic mass is 16.6. The van der Waals surface area contributed by atoms with Gasteiger partial charge in [0.1, 0.15) is 13.2 Å². The lowest BCUT2D eigenvalue weighted by atomic mass is 10.1. The first-order valence-electron chi connectivity index (χ1n) is 29.0. The molecule has 1 unspecified atom stereocenters. The van der Waals surface area contributed by atoms with Crippen LogP contribution in [0, 0.1) is 0 Å². The Kier molecular flexibility index (Phi) is 55.0. The number of esters is 3. The molecule has 0 fully saturated rings. The summed E-state index contributed by atoms with van der Waals surface area (Å²) in [5, 5.41) is 0. The van der Waals surface area contributed by atoms with Gasteiger partial charge in [-0.25, -0.2) is 0 Å². The smallest absolute Gasteiger partial charge is 0.306 e. The highest BCUT2D eigenvalue weighted by Crippen LogP contribution is 2.13. The Bertz CT molecular complexity index is 1610. The van der Waals surface area contributed by atoms with Crippen LogP contribution in [-0.4, -0.2) is 37.2 Å². The van der Waals surface area contributed by atoms with Crippen LogP contribution in [0.1, 0.15) is 233 Å². The topological polar surface area (TPSA) is 78.9 Å². The molecule has 6 heteroatoms. The summed E-state index contributed by atoms with van der Waals surface area (Å²) >= 11 is 0. The molecule has 0 rings (SSSR count). The number of ether oxygens (including phenoxy) is 3. The second kappa shape index (κ2) is 58.9. The first kappa shape index (κ1) is 67.3. The van der Waals surface area contributed by atoms with Crippen molar-refractivity contribution in [1.29, 1.82) is 0 Å². The van der Waals surface area contributed by atoms with Crippen molar-refractivity contribution >= 4 is 17.9 Å². The average Bonchev–Trinajstić information content (AvgIpc) is 3.38. The summed E-state index contributed by atoms with van der Waals surface area (Å²) in [5.41, 5.74) is 0. The van der Waals surface area contributed by atoms with Crippen LogP contribution >= 0.6 is 0 Å². The van der Waals surface area contributed by atoms with E-state index in [0.717, 1.165) is 135 Å². The summed E-state index contributed by atoms with van der Waals surface area (Å²) < 4.78 is 16.8. The number of carbonyl (C=O) groups is 3. The van der Waals surface area contributed by atoms with E-state index in [2.05, 4.69) is 142 Å². The van der Waals surface area contributed by atoms with Crippen molar-refractivity contribution in [2.75, 3.05) is 13.2 Å². The molecule has 0 aliphatic heterocycles. The molecule has 0 aromatic rings. The highest BCUT2D eigenvalue weighted by molar-refractivity contribution is 5.71. The Morgan fingerprint density at radius 3 is 0.861 bits per heavy atom. The predicted octanol–water partition coefficient (Wildman–Crippen LogP) is 19.6. The lowest BCUT2D eigenvalue weighted by Gasteiger charge is -2.18. The fraction of sp³-hybridized carbons (Fsp3) is 0.591. The third-order valence-corrected chi connectivity index (χ3v) is 11.8. The van der Waals surface area contributed by atoms with Gasteiger partial charge in [-0.1, -0.05) is 269 Å². The van der Waals surface area contributed by atoms with Crippen molar-refractivity contribution < 1.29 is 28.6 Å². The van der Waals surface area contributed by atoms with E-state index in [0.29, 0.717) is 12.8 Å². The van der Waals surface area contributed by atoms with Gasteiger partial charge in [-0.3, -0.25) is 14.4 Å². The number of hydrogen-bond donors (Lipinski definition) is 0. The third-order valence-electron chi connectivity index (χ3n) is 11.8. The van der Waals surface area contributed by atoms with Gasteiger partial charge in [0.2, 0.25) is 0 Å². The van der Waals surface area contributed by atoms with Crippen molar-refractivity contribution in [2.45, 2.75) is 239 Å². The van der Waals surface area contributed by atoms with Gasteiger partial charge in [0.25, 0.3) is 0 Å². The molecule has 0 heterocycles. The van der Waals surface area contributed by atoms with Gasteiger partial charge >= 0.3 is 17.9 Å². The minimum atomic E-state index is -0.818. The predicted molar refractivity (Wildman–Crippen MR) is 311 cm³/mol. The molecule has 0 saturated heterocycles. The fourth-order valence-electron chi connectivity index (χ4n) is 7.43. The standard InChI is InChI=1S/C66H104O6/c1-4-7-10-13-16-19-22-25-28-31-34-37-40-43-46-49-52-55-58-64(67)70-61-63(72-66(69)60-57-54-51-48-45-42-39-36-33-30-27-24-21-18-15-12-9-6-3)62-71-65(68)59-56-53-50-47-44-41-38-35-32-29-26-23-20-17-14-11-8-5-2/h10,13,16,18-19,21-39,63H,4-9,11-12,14-15,17,20,40-62H2,1-3H3/b13-10-,19-16-,21-18-,25-22-,26-23-,27-24-,31-28-,32-29-,33-30-,37-34-,38-35-,39-36-. The number of unbranched alkanes of at least 4 members (excludes halogenated alkanes) is 24. The molecule has 0 amide bonds. The van der Waals surface area contributed by atoms with E-state index >= 15 is 0 Å². The Labute approximate surface area is 442 Å². The Balaban J connectivity index is 4.58. The molecule has 0 aliphatic rings. The number of hydrogen-bond acceptors (Lipinski definition) is 6. The summed E-state index contributed by atoms with van der Waals surface area (Å²) in [6.45, 7) is 6.43. The van der Waals surface area contributed by atoms with E-state index in [4.69, 9.17) is 14.2 Å². The second-order valence-corrected chi connectivity index (χ2v) is 18.8. The lowest BCUT2D eigenvalue weighted by molar-refractivity contribution is -0.167. The van der Waals surface area contributed by atoms with Crippen LogP contribution in [0.15, 0.2) is 146 Å². The molecule has 0 aromatic heterocycles. The van der Waals surface area contributed by atoms with E-state index in [9.17, 15) is 14.4 Å². The maximum Gasteiger partial charge on any atom is 0.306 e. The van der Waals surface area contributed by atoms with Crippen molar-refractivity contribution in [3.63, 3.8) is 0 Å². The molecule has 0 N–H and O–H groups in total. The van der Waals surface area contributed by atoms with Crippen LogP contribution in [0.5, 0.6) is 0 Å². The van der Waals surface area contributed by atoms with Gasteiger partial charge in [0, 0.05) is 19.3 Å². The van der Waals surface area contributed by atoms with Crippen LogP contribution < -0.4 is 0 Å². The molecular formula is C66H104O6. The van der Waals surface area contributed by atoms with Gasteiger partial charge in [-0.05, 0) is 89.9 Å². The van der Waals surface area contributed by atoms with Crippen LogP contribution in [0.4, 0.5) is 0 Å². The number of carbonyl (C=O) groups excluding carboxylic acids is 3. The summed E-state index contributed by atoms with van der Waals surface area (Å²) in [6.07, 6.45) is 83.9. The summed E-state index contributed by atoms with van der Waals surface area (Å²) in [5.74, 6) is -0.985. The normalized spacial score (nSPS) is 13.2. The molecule has 0 aromatic carbocycles. The number of allylic oxidation sites excluding steroid dienone is 24. The average molecular weight is 994 g/mol. The van der Waals surface area contributed by atoms with Gasteiger partial charge in [-0.2, -0.15) is 0 Å². The van der Waals surface area contributed by atoms with Crippen LogP contribution in [0.25, 0.3) is 0 Å². The largest absolute Gasteiger partial charge is 0.462 e. The molecular weight excluding hydrogens is 889 g/mol. The fourth-order valence-corrected chi connectivity index (χ4v) is 7.43. The maximum atomic E-state index is 12.9. The summed E-state index contributed by atoms with van der Waals surface area (Å²) in [4.78, 5) is 38.2. The van der Waals surface area contributed by atoms with Crippen LogP contribution in [0.2, 0.25) is 0 Å². The zero-order chi connectivity index (χ0) is 52.2. The molecule has 0 bridgehead atoms. The van der Waals surface area contributed by atoms with E-state index < -0.39 is 6.10 Å². The first-order valence-corrected chi connectivity index (χ1v) is 29.0. The zero-order valence-corrected chi connectivity index (χ0v) is 46.1. The maximum absolute atomic E-state index is 12.9. The first-order chi connectivity index (χ1) is 35.5. The monoisotopic (exact) mass is 993 g/mol. The van der Waals surface area contributed by atoms with Crippen molar-refractivity contribution in [3.05, 3.63) is 146 Å². The molecule has 0 radical (unpaired) electrons. The lowest BCUT2D eigenvalue weighted by Crippen LogP contribution is -2.30. The van der Waals surface area contributed by atoms with Gasteiger partial charge in [-0.15, -0.1) is 0 Å². The second-order valence-electron chi connectivity index (χ2n) is 18.8. The SMILES string of the molecule is CCC\C=C/C=C\C=C/C=C\C=C/CCCCCCCC(=O)OCC(COC(=O)CCCCCCC\C=C/C=C\C=C/CCCCCCC)OC(=O)CCCCCCC\C=C/C=C\C=C/C=C\CCCCC. The molecule has 0 spiro atoms. The third kappa shape index (κ3) is 56.2. The van der Waals surface area contributed by atoms with E-state index in [1.807, 2.05) is 24.3 Å². The molecule has 0 aliphatic carbocycles. The highest BCUT2D eigenvalue weighted by Gasteiger charge is 2.19. The van der Waals surface area contributed by atoms with E-state index in [-0.39, 0.29) is 37.5 Å². The van der Waals surface area contributed by atoms with Gasteiger partial charge < -0.3 is 14.2 Å². The van der Waals surface area contributed by atoms with E-state index in [1.54, 1.807) is 0 Å². The zero-order valence-electron chi connectivity index (χ0n) is 46.1. The van der Waals surface area contributed by atoms with Crippen LogP contribution in [0.3, 0.4) is 0 Å². The molecule has 404 valence electrons. The van der Waals surface area contributed by atoms with Crippen molar-refractivity contribution in [2.24, 2.45) is 0 Å². The van der Waals surface area contributed by atoms with E-state index in [1.165, 1.54) is 57.8 Å². The van der Waals surface area contributed by atoms with Gasteiger partial charge in [0.05, 0.1) is 0 Å². The molecule has 72 heavy (non-hydrogen) atoms. The Hall–Kier alpha value is -4.71. The quantitative estimate of drug-likeness (QED) is 0.0261. The minimum absolute atomic E-state index is 0.113. The number of rotatable bonds is 50. The Morgan fingerprint density at radius 1 is 0.278 bits per heavy atom. The van der Waals surface area contributed by atoms with Gasteiger partial charge in [0.15, 0.2) is 6.10 Å². The minimum Gasteiger partial charge on any atom is -0.462 e.